The van der Waals surface area contributed by atoms with Gasteiger partial charge in [0.25, 0.3) is 0 Å². The van der Waals surface area contributed by atoms with Crippen molar-refractivity contribution in [1.29, 1.82) is 0 Å². The number of benzene rings is 1. The molecule has 1 aliphatic rings. The third kappa shape index (κ3) is 4.53. The van der Waals surface area contributed by atoms with E-state index in [-0.39, 0.29) is 11.7 Å². The summed E-state index contributed by atoms with van der Waals surface area (Å²) >= 11 is 0. The highest BCUT2D eigenvalue weighted by Gasteiger charge is 2.34. The average molecular weight is 363 g/mol. The van der Waals surface area contributed by atoms with Crippen molar-refractivity contribution in [3.05, 3.63) is 59.8 Å². The molecule has 0 aliphatic carbocycles. The van der Waals surface area contributed by atoms with E-state index in [4.69, 9.17) is 0 Å². The lowest BCUT2D eigenvalue weighted by atomic mass is 10.1. The van der Waals surface area contributed by atoms with Gasteiger partial charge in [0.05, 0.1) is 0 Å². The molecule has 7 heteroatoms. The molecule has 0 radical (unpaired) electrons. The molecule has 0 saturated carbocycles. The number of likely N-dealkylation sites (tertiary alicyclic amines) is 1. The van der Waals surface area contributed by atoms with Gasteiger partial charge < -0.3 is 10.2 Å². The molecule has 138 valence electrons. The number of aromatic nitrogens is 1. The highest BCUT2D eigenvalue weighted by molar-refractivity contribution is 5.86. The van der Waals surface area contributed by atoms with Gasteiger partial charge in [-0.3, -0.25) is 4.79 Å². The second-order valence-corrected chi connectivity index (χ2v) is 6.31. The Morgan fingerprint density at radius 2 is 1.88 bits per heavy atom. The van der Waals surface area contributed by atoms with Gasteiger partial charge in [0, 0.05) is 13.1 Å². The number of hydrogen-bond donors (Lipinski definition) is 1. The molecule has 4 nitrogen and oxygen atoms in total. The number of rotatable bonds is 6. The van der Waals surface area contributed by atoms with Crippen LogP contribution in [0.4, 0.5) is 19.0 Å². The van der Waals surface area contributed by atoms with Gasteiger partial charge in [-0.05, 0) is 37.0 Å². The lowest BCUT2D eigenvalue weighted by Gasteiger charge is -2.17. The molecule has 1 aliphatic heterocycles. The van der Waals surface area contributed by atoms with Gasteiger partial charge in [0.1, 0.15) is 17.6 Å². The van der Waals surface area contributed by atoms with Gasteiger partial charge in [0.15, 0.2) is 0 Å². The Kier molecular flexibility index (Phi) is 5.44. The summed E-state index contributed by atoms with van der Waals surface area (Å²) in [5, 5.41) is 2.84. The second-order valence-electron chi connectivity index (χ2n) is 6.31. The van der Waals surface area contributed by atoms with Crippen molar-refractivity contribution in [3.63, 3.8) is 0 Å². The third-order valence-electron chi connectivity index (χ3n) is 4.40. The van der Waals surface area contributed by atoms with Gasteiger partial charge in [0.2, 0.25) is 5.91 Å². The van der Waals surface area contributed by atoms with Crippen LogP contribution in [0.5, 0.6) is 0 Å². The summed E-state index contributed by atoms with van der Waals surface area (Å²) < 4.78 is 38.2. The Morgan fingerprint density at radius 1 is 1.12 bits per heavy atom. The minimum atomic E-state index is -4.50. The quantitative estimate of drug-likeness (QED) is 0.850. The summed E-state index contributed by atoms with van der Waals surface area (Å²) in [6, 6.07) is 13.2. The minimum absolute atomic E-state index is 0.0734. The zero-order valence-corrected chi connectivity index (χ0v) is 14.2. The second kappa shape index (κ2) is 7.76. The van der Waals surface area contributed by atoms with E-state index >= 15 is 0 Å². The van der Waals surface area contributed by atoms with Crippen molar-refractivity contribution in [2.24, 2.45) is 0 Å². The first-order valence-corrected chi connectivity index (χ1v) is 8.57. The molecule has 0 spiro atoms. The van der Waals surface area contributed by atoms with E-state index in [2.05, 4.69) is 22.4 Å². The summed E-state index contributed by atoms with van der Waals surface area (Å²) in [6.07, 6.45) is -2.20. The average Bonchev–Trinajstić information content (AvgIpc) is 2.96. The number of alkyl halides is 3. The van der Waals surface area contributed by atoms with Crippen LogP contribution >= 0.6 is 0 Å². The van der Waals surface area contributed by atoms with Gasteiger partial charge in [-0.25, -0.2) is 4.98 Å². The smallest absolute Gasteiger partial charge is 0.358 e. The van der Waals surface area contributed by atoms with E-state index in [0.717, 1.165) is 18.9 Å². The van der Waals surface area contributed by atoms with Crippen molar-refractivity contribution >= 4 is 11.7 Å². The summed E-state index contributed by atoms with van der Waals surface area (Å²) in [7, 11) is 0. The summed E-state index contributed by atoms with van der Waals surface area (Å²) in [6.45, 7) is 1.24. The number of carbonyl (C=O) groups excluding carboxylic acids is 1. The normalized spacial score (nSPS) is 17.6. The molecule has 1 atom stereocenters. The van der Waals surface area contributed by atoms with Crippen LogP contribution in [0.3, 0.4) is 0 Å². The van der Waals surface area contributed by atoms with Crippen LogP contribution in [0.15, 0.2) is 48.5 Å². The molecular weight excluding hydrogens is 343 g/mol. The lowest BCUT2D eigenvalue weighted by molar-refractivity contribution is -0.141. The van der Waals surface area contributed by atoms with Gasteiger partial charge in [-0.1, -0.05) is 36.4 Å². The van der Waals surface area contributed by atoms with E-state index in [1.54, 1.807) is 4.90 Å². The van der Waals surface area contributed by atoms with E-state index in [1.165, 1.54) is 17.7 Å². The summed E-state index contributed by atoms with van der Waals surface area (Å²) in [4.78, 5) is 17.8. The highest BCUT2D eigenvalue weighted by atomic mass is 19.4. The van der Waals surface area contributed by atoms with Crippen LogP contribution in [0.25, 0.3) is 0 Å². The van der Waals surface area contributed by atoms with Crippen LogP contribution in [0, 0.1) is 0 Å². The van der Waals surface area contributed by atoms with E-state index < -0.39 is 17.9 Å². The predicted molar refractivity (Wildman–Crippen MR) is 92.6 cm³/mol. The van der Waals surface area contributed by atoms with Crippen LogP contribution in [-0.4, -0.2) is 34.9 Å². The maximum atomic E-state index is 12.7. The van der Waals surface area contributed by atoms with Crippen LogP contribution in [-0.2, 0) is 17.4 Å². The molecule has 0 bridgehead atoms. The maximum Gasteiger partial charge on any atom is 0.433 e. The number of amides is 1. The third-order valence-corrected chi connectivity index (χ3v) is 4.40. The molecule has 1 amide bonds. The van der Waals surface area contributed by atoms with E-state index in [9.17, 15) is 18.0 Å². The van der Waals surface area contributed by atoms with Gasteiger partial charge >= 0.3 is 6.18 Å². The van der Waals surface area contributed by atoms with Crippen molar-refractivity contribution in [2.75, 3.05) is 18.4 Å². The Balaban J connectivity index is 1.53. The minimum Gasteiger partial charge on any atom is -0.358 e. The molecule has 1 N–H and O–H groups in total. The summed E-state index contributed by atoms with van der Waals surface area (Å²) in [5.74, 6) is -0.0124. The Morgan fingerprint density at radius 3 is 2.62 bits per heavy atom. The van der Waals surface area contributed by atoms with E-state index in [1.807, 2.05) is 18.2 Å². The zero-order chi connectivity index (χ0) is 18.6. The number of nitrogens with zero attached hydrogens (tertiary/aromatic N) is 2. The lowest BCUT2D eigenvalue weighted by Crippen LogP contribution is -2.34. The number of nitrogens with one attached hydrogen (secondary N) is 1. The standard InChI is InChI=1S/C19H20F3N3O/c20-19(21,22)16-9-4-10-17(24-16)23-15-11-13-25(18(15)26)12-5-8-14-6-2-1-3-7-14/h1-4,6-7,9-10,15H,5,8,11-13H2,(H,23,24). The van der Waals surface area contributed by atoms with Crippen molar-refractivity contribution < 1.29 is 18.0 Å². The summed E-state index contributed by atoms with van der Waals surface area (Å²) in [5.41, 5.74) is 0.259. The number of pyridine rings is 1. The largest absolute Gasteiger partial charge is 0.433 e. The number of halogens is 3. The molecule has 1 unspecified atom stereocenters. The molecule has 1 fully saturated rings. The Bertz CT molecular complexity index is 749. The van der Waals surface area contributed by atoms with Gasteiger partial charge in [-0.2, -0.15) is 13.2 Å². The van der Waals surface area contributed by atoms with Crippen LogP contribution in [0.2, 0.25) is 0 Å². The predicted octanol–water partition coefficient (Wildman–Crippen LogP) is 3.75. The van der Waals surface area contributed by atoms with Crippen LogP contribution < -0.4 is 5.32 Å². The molecule has 1 aromatic heterocycles. The zero-order valence-electron chi connectivity index (χ0n) is 14.2. The van der Waals surface area contributed by atoms with E-state index in [0.29, 0.717) is 19.5 Å². The fourth-order valence-corrected chi connectivity index (χ4v) is 3.07. The topological polar surface area (TPSA) is 45.2 Å². The fraction of sp³-hybridized carbons (Fsp3) is 0.368. The van der Waals surface area contributed by atoms with Crippen LogP contribution in [0.1, 0.15) is 24.1 Å². The van der Waals surface area contributed by atoms with Crippen molar-refractivity contribution in [3.8, 4) is 0 Å². The first-order valence-electron chi connectivity index (χ1n) is 8.57. The van der Waals surface area contributed by atoms with Crippen molar-refractivity contribution in [1.82, 2.24) is 9.88 Å². The molecule has 2 aromatic rings. The van der Waals surface area contributed by atoms with Gasteiger partial charge in [-0.15, -0.1) is 0 Å². The maximum absolute atomic E-state index is 12.7. The molecule has 1 aromatic carbocycles. The first-order chi connectivity index (χ1) is 12.4. The number of hydrogen-bond acceptors (Lipinski definition) is 3. The number of carbonyl (C=O) groups is 1. The SMILES string of the molecule is O=C1C(Nc2cccc(C(F)(F)F)n2)CCN1CCCc1ccccc1. The van der Waals surface area contributed by atoms with Crippen molar-refractivity contribution in [2.45, 2.75) is 31.5 Å². The Hall–Kier alpha value is -2.57. The highest BCUT2D eigenvalue weighted by Crippen LogP contribution is 2.28. The molecule has 2 heterocycles. The molecule has 26 heavy (non-hydrogen) atoms. The first kappa shape index (κ1) is 18.2. The Labute approximate surface area is 150 Å². The molecular formula is C19H20F3N3O. The monoisotopic (exact) mass is 363 g/mol. The number of anilines is 1. The fourth-order valence-electron chi connectivity index (χ4n) is 3.07. The molecule has 1 saturated heterocycles. The molecule has 3 rings (SSSR count). The number of aryl methyl sites for hydroxylation is 1.